The molecule has 0 heterocycles. The summed E-state index contributed by atoms with van der Waals surface area (Å²) in [5.41, 5.74) is 5.27. The van der Waals surface area contributed by atoms with Crippen LogP contribution in [0.3, 0.4) is 0 Å². The molecular formula is C16H35N3O6. The number of unbranched alkanes of at least 4 members (excludes halogenated alkanes) is 1. The van der Waals surface area contributed by atoms with Gasteiger partial charge in [-0.3, -0.25) is 10.1 Å². The molecule has 0 aliphatic carbocycles. The van der Waals surface area contributed by atoms with Gasteiger partial charge in [-0.05, 0) is 13.0 Å². The molecule has 0 saturated heterocycles. The van der Waals surface area contributed by atoms with E-state index in [1.54, 1.807) is 0 Å². The molecule has 9 heteroatoms. The number of rotatable bonds is 19. The quantitative estimate of drug-likeness (QED) is 0.167. The molecule has 0 aromatic heterocycles. The van der Waals surface area contributed by atoms with Crippen LogP contribution in [0.1, 0.15) is 19.8 Å². The van der Waals surface area contributed by atoms with Crippen molar-refractivity contribution in [3.63, 3.8) is 0 Å². The predicted molar refractivity (Wildman–Crippen MR) is 94.3 cm³/mol. The third-order valence-electron chi connectivity index (χ3n) is 2.99. The monoisotopic (exact) mass is 365 g/mol. The van der Waals surface area contributed by atoms with Crippen LogP contribution in [0.15, 0.2) is 0 Å². The van der Waals surface area contributed by atoms with Crippen LogP contribution < -0.4 is 16.4 Å². The molecule has 150 valence electrons. The summed E-state index contributed by atoms with van der Waals surface area (Å²) in [4.78, 5) is 11.4. The van der Waals surface area contributed by atoms with Crippen LogP contribution in [-0.4, -0.2) is 89.7 Å². The number of aliphatic hydroxyl groups excluding tert-OH is 1. The van der Waals surface area contributed by atoms with Gasteiger partial charge < -0.3 is 35.1 Å². The van der Waals surface area contributed by atoms with Crippen molar-refractivity contribution >= 4 is 5.91 Å². The van der Waals surface area contributed by atoms with E-state index in [0.717, 1.165) is 19.4 Å². The highest BCUT2D eigenvalue weighted by Crippen LogP contribution is 1.87. The SMILES string of the molecule is CCCCNC(O)COCCOCCNC(=O)COCCOCCN. The van der Waals surface area contributed by atoms with Crippen molar-refractivity contribution in [3.8, 4) is 0 Å². The number of nitrogens with one attached hydrogen (secondary N) is 2. The lowest BCUT2D eigenvalue weighted by atomic mass is 10.3. The maximum Gasteiger partial charge on any atom is 0.246 e. The van der Waals surface area contributed by atoms with E-state index in [2.05, 4.69) is 17.6 Å². The van der Waals surface area contributed by atoms with Crippen molar-refractivity contribution in [2.75, 3.05) is 72.5 Å². The third kappa shape index (κ3) is 19.4. The Morgan fingerprint density at radius 2 is 1.68 bits per heavy atom. The van der Waals surface area contributed by atoms with Gasteiger partial charge in [0.15, 0.2) is 0 Å². The summed E-state index contributed by atoms with van der Waals surface area (Å²) in [7, 11) is 0. The zero-order chi connectivity index (χ0) is 18.6. The van der Waals surface area contributed by atoms with Crippen LogP contribution in [0.4, 0.5) is 0 Å². The lowest BCUT2D eigenvalue weighted by Gasteiger charge is -2.13. The van der Waals surface area contributed by atoms with Gasteiger partial charge in [-0.25, -0.2) is 0 Å². The Hall–Kier alpha value is -0.810. The van der Waals surface area contributed by atoms with E-state index in [1.807, 2.05) is 0 Å². The molecule has 0 bridgehead atoms. The standard InChI is InChI=1S/C16H35N3O6/c1-2-3-5-18-15(20)13-25-12-10-23-8-6-19-16(21)14-24-11-9-22-7-4-17/h15,18,20H,2-14,17H2,1H3,(H,19,21). The maximum atomic E-state index is 11.4. The third-order valence-corrected chi connectivity index (χ3v) is 2.99. The van der Waals surface area contributed by atoms with Crippen LogP contribution in [0, 0.1) is 0 Å². The minimum Gasteiger partial charge on any atom is -0.378 e. The molecular weight excluding hydrogens is 330 g/mol. The minimum atomic E-state index is -0.647. The summed E-state index contributed by atoms with van der Waals surface area (Å²) in [5, 5.41) is 15.2. The van der Waals surface area contributed by atoms with Crippen molar-refractivity contribution in [2.24, 2.45) is 5.73 Å². The summed E-state index contributed by atoms with van der Waals surface area (Å²) in [6.07, 6.45) is 1.46. The Morgan fingerprint density at radius 3 is 2.40 bits per heavy atom. The van der Waals surface area contributed by atoms with Crippen LogP contribution in [0.25, 0.3) is 0 Å². The fraction of sp³-hybridized carbons (Fsp3) is 0.938. The minimum absolute atomic E-state index is 0.00197. The first kappa shape index (κ1) is 24.2. The number of carbonyl (C=O) groups excluding carboxylic acids is 1. The zero-order valence-electron chi connectivity index (χ0n) is 15.3. The van der Waals surface area contributed by atoms with Gasteiger partial charge in [0.05, 0.1) is 46.2 Å². The second-order valence-corrected chi connectivity index (χ2v) is 5.31. The number of carbonyl (C=O) groups is 1. The average molecular weight is 365 g/mol. The van der Waals surface area contributed by atoms with E-state index >= 15 is 0 Å². The molecule has 0 fully saturated rings. The van der Waals surface area contributed by atoms with Crippen molar-refractivity contribution in [3.05, 3.63) is 0 Å². The van der Waals surface area contributed by atoms with E-state index in [4.69, 9.17) is 24.7 Å². The Morgan fingerprint density at radius 1 is 1.00 bits per heavy atom. The van der Waals surface area contributed by atoms with E-state index in [1.165, 1.54) is 0 Å². The normalized spacial score (nSPS) is 12.3. The second kappa shape index (κ2) is 19.5. The van der Waals surface area contributed by atoms with E-state index in [0.29, 0.717) is 52.7 Å². The molecule has 0 aromatic rings. The number of hydrogen-bond donors (Lipinski definition) is 4. The van der Waals surface area contributed by atoms with Gasteiger partial charge in [0.2, 0.25) is 5.91 Å². The van der Waals surface area contributed by atoms with Gasteiger partial charge in [-0.1, -0.05) is 13.3 Å². The van der Waals surface area contributed by atoms with Gasteiger partial charge in [0.1, 0.15) is 12.8 Å². The first-order valence-electron chi connectivity index (χ1n) is 8.89. The van der Waals surface area contributed by atoms with Crippen molar-refractivity contribution < 1.29 is 28.8 Å². The number of ether oxygens (including phenoxy) is 4. The molecule has 0 rings (SSSR count). The molecule has 0 saturated carbocycles. The number of amides is 1. The van der Waals surface area contributed by atoms with Crippen molar-refractivity contribution in [2.45, 2.75) is 26.0 Å². The first-order valence-corrected chi connectivity index (χ1v) is 8.89. The molecule has 0 spiro atoms. The molecule has 0 radical (unpaired) electrons. The lowest BCUT2D eigenvalue weighted by Crippen LogP contribution is -2.34. The lowest BCUT2D eigenvalue weighted by molar-refractivity contribution is -0.126. The van der Waals surface area contributed by atoms with Gasteiger partial charge in [-0.2, -0.15) is 0 Å². The summed E-state index contributed by atoms with van der Waals surface area (Å²) in [6, 6.07) is 0. The largest absolute Gasteiger partial charge is 0.378 e. The molecule has 1 amide bonds. The molecule has 5 N–H and O–H groups in total. The fourth-order valence-corrected chi connectivity index (χ4v) is 1.70. The zero-order valence-corrected chi connectivity index (χ0v) is 15.3. The van der Waals surface area contributed by atoms with Gasteiger partial charge in [-0.15, -0.1) is 0 Å². The molecule has 9 nitrogen and oxygen atoms in total. The fourth-order valence-electron chi connectivity index (χ4n) is 1.70. The molecule has 0 aliphatic rings. The molecule has 1 atom stereocenters. The van der Waals surface area contributed by atoms with Crippen LogP contribution in [0.2, 0.25) is 0 Å². The van der Waals surface area contributed by atoms with Gasteiger partial charge in [0.25, 0.3) is 0 Å². The molecule has 0 aromatic carbocycles. The summed E-state index contributed by atoms with van der Waals surface area (Å²) < 4.78 is 20.9. The topological polar surface area (TPSA) is 124 Å². The van der Waals surface area contributed by atoms with Crippen LogP contribution in [-0.2, 0) is 23.7 Å². The van der Waals surface area contributed by atoms with E-state index in [-0.39, 0.29) is 19.1 Å². The Bertz CT molecular complexity index is 297. The second-order valence-electron chi connectivity index (χ2n) is 5.31. The van der Waals surface area contributed by atoms with Gasteiger partial charge >= 0.3 is 0 Å². The van der Waals surface area contributed by atoms with Crippen LogP contribution >= 0.6 is 0 Å². The van der Waals surface area contributed by atoms with Gasteiger partial charge in [0, 0.05) is 13.1 Å². The first-order chi connectivity index (χ1) is 12.2. The summed E-state index contributed by atoms with van der Waals surface area (Å²) in [5.74, 6) is -0.194. The number of nitrogens with two attached hydrogens (primary N) is 1. The average Bonchev–Trinajstić information content (AvgIpc) is 2.60. The molecule has 0 aliphatic heterocycles. The van der Waals surface area contributed by atoms with E-state index < -0.39 is 6.23 Å². The Labute approximate surface area is 150 Å². The van der Waals surface area contributed by atoms with Crippen LogP contribution in [0.5, 0.6) is 0 Å². The summed E-state index contributed by atoms with van der Waals surface area (Å²) in [6.45, 7) is 6.47. The highest BCUT2D eigenvalue weighted by atomic mass is 16.5. The summed E-state index contributed by atoms with van der Waals surface area (Å²) >= 11 is 0. The smallest absolute Gasteiger partial charge is 0.246 e. The number of aliphatic hydroxyl groups is 1. The number of hydrogen-bond acceptors (Lipinski definition) is 8. The Kier molecular flexibility index (Phi) is 18.9. The highest BCUT2D eigenvalue weighted by molar-refractivity contribution is 5.77. The molecule has 1 unspecified atom stereocenters. The van der Waals surface area contributed by atoms with E-state index in [9.17, 15) is 9.90 Å². The van der Waals surface area contributed by atoms with Crippen molar-refractivity contribution in [1.82, 2.24) is 10.6 Å². The predicted octanol–water partition coefficient (Wildman–Crippen LogP) is -1.16. The maximum absolute atomic E-state index is 11.4. The molecule has 25 heavy (non-hydrogen) atoms. The van der Waals surface area contributed by atoms with Crippen molar-refractivity contribution in [1.29, 1.82) is 0 Å². The Balaban J connectivity index is 3.23. The highest BCUT2D eigenvalue weighted by Gasteiger charge is 2.02.